The molecule has 1 fully saturated rings. The molecular weight excluding hydrogens is 182 g/mol. The number of likely N-dealkylation sites (tertiary alicyclic amines) is 1. The van der Waals surface area contributed by atoms with Crippen LogP contribution in [0.4, 0.5) is 0 Å². The molecule has 78 valence electrons. The van der Waals surface area contributed by atoms with Crippen molar-refractivity contribution in [3.63, 3.8) is 0 Å². The van der Waals surface area contributed by atoms with Crippen LogP contribution in [0.25, 0.3) is 0 Å². The molecule has 0 radical (unpaired) electrons. The van der Waals surface area contributed by atoms with E-state index in [2.05, 4.69) is 0 Å². The van der Waals surface area contributed by atoms with Gasteiger partial charge in [-0.3, -0.25) is 19.3 Å². The molecule has 0 aromatic carbocycles. The molecule has 1 aliphatic heterocycles. The second kappa shape index (κ2) is 3.52. The number of Topliss-reactive ketones (excluding diaryl/α,β-unsaturated/α-hetero) is 1. The Morgan fingerprint density at radius 2 is 1.86 bits per heavy atom. The molecule has 0 aliphatic carbocycles. The summed E-state index contributed by atoms with van der Waals surface area (Å²) in [6.45, 7) is 5.53. The van der Waals surface area contributed by atoms with Crippen LogP contribution in [0.1, 0.15) is 33.6 Å². The van der Waals surface area contributed by atoms with Gasteiger partial charge in [0.05, 0.1) is 6.42 Å². The van der Waals surface area contributed by atoms with Gasteiger partial charge in [0.1, 0.15) is 5.78 Å². The second-order valence-electron chi connectivity index (χ2n) is 4.57. The summed E-state index contributed by atoms with van der Waals surface area (Å²) in [5, 5.41) is 0. The van der Waals surface area contributed by atoms with Crippen molar-refractivity contribution in [3.05, 3.63) is 0 Å². The summed E-state index contributed by atoms with van der Waals surface area (Å²) in [5.41, 5.74) is -0.559. The molecule has 1 heterocycles. The number of rotatable bonds is 0. The maximum absolute atomic E-state index is 11.7. The summed E-state index contributed by atoms with van der Waals surface area (Å²) in [5.74, 6) is -0.635. The van der Waals surface area contributed by atoms with Gasteiger partial charge in [-0.2, -0.15) is 0 Å². The van der Waals surface area contributed by atoms with Crippen molar-refractivity contribution in [2.75, 3.05) is 6.54 Å². The monoisotopic (exact) mass is 197 g/mol. The highest BCUT2D eigenvalue weighted by Crippen LogP contribution is 2.20. The molecule has 1 rings (SSSR count). The van der Waals surface area contributed by atoms with Gasteiger partial charge >= 0.3 is 0 Å². The first-order valence-electron chi connectivity index (χ1n) is 4.69. The molecule has 0 spiro atoms. The van der Waals surface area contributed by atoms with E-state index in [0.29, 0.717) is 6.42 Å². The van der Waals surface area contributed by atoms with E-state index in [0.717, 1.165) is 0 Å². The van der Waals surface area contributed by atoms with Crippen molar-refractivity contribution < 1.29 is 14.4 Å². The molecule has 0 atom stereocenters. The van der Waals surface area contributed by atoms with Crippen molar-refractivity contribution in [1.82, 2.24) is 4.90 Å². The predicted octanol–water partition coefficient (Wildman–Crippen LogP) is 0.751. The first-order valence-corrected chi connectivity index (χ1v) is 4.69. The van der Waals surface area contributed by atoms with Crippen molar-refractivity contribution in [3.8, 4) is 0 Å². The number of piperidine rings is 1. The van der Waals surface area contributed by atoms with E-state index in [1.54, 1.807) is 20.8 Å². The fourth-order valence-electron chi connectivity index (χ4n) is 1.33. The number of hydrogen-bond donors (Lipinski definition) is 0. The van der Waals surface area contributed by atoms with Gasteiger partial charge in [-0.25, -0.2) is 0 Å². The third-order valence-corrected chi connectivity index (χ3v) is 2.15. The van der Waals surface area contributed by atoms with E-state index in [4.69, 9.17) is 0 Å². The lowest BCUT2D eigenvalue weighted by Gasteiger charge is -2.30. The fraction of sp³-hybridized carbons (Fsp3) is 0.700. The lowest BCUT2D eigenvalue weighted by molar-refractivity contribution is -0.153. The summed E-state index contributed by atoms with van der Waals surface area (Å²) in [7, 11) is 0. The zero-order valence-electron chi connectivity index (χ0n) is 8.79. The molecule has 0 N–H and O–H groups in total. The van der Waals surface area contributed by atoms with Crippen LogP contribution in [-0.2, 0) is 14.4 Å². The SMILES string of the molecule is CC(C)(C)C(=O)N1CCC(=O)CC1=O. The molecule has 0 saturated carbocycles. The molecule has 1 aliphatic rings. The quantitative estimate of drug-likeness (QED) is 0.538. The third kappa shape index (κ3) is 2.19. The zero-order chi connectivity index (χ0) is 10.9. The molecule has 0 unspecified atom stereocenters. The smallest absolute Gasteiger partial charge is 0.236 e. The maximum Gasteiger partial charge on any atom is 0.236 e. The highest BCUT2D eigenvalue weighted by molar-refractivity contribution is 6.07. The molecule has 0 bridgehead atoms. The number of ketones is 1. The summed E-state index contributed by atoms with van der Waals surface area (Å²) in [4.78, 5) is 35.2. The van der Waals surface area contributed by atoms with Crippen molar-refractivity contribution in [1.29, 1.82) is 0 Å². The number of hydrogen-bond acceptors (Lipinski definition) is 3. The van der Waals surface area contributed by atoms with Crippen LogP contribution >= 0.6 is 0 Å². The van der Waals surface area contributed by atoms with E-state index in [1.165, 1.54) is 4.90 Å². The molecule has 2 amide bonds. The van der Waals surface area contributed by atoms with Crippen LogP contribution in [0.2, 0.25) is 0 Å². The molecule has 14 heavy (non-hydrogen) atoms. The fourth-order valence-corrected chi connectivity index (χ4v) is 1.33. The second-order valence-corrected chi connectivity index (χ2v) is 4.57. The lowest BCUT2D eigenvalue weighted by Crippen LogP contribution is -2.47. The highest BCUT2D eigenvalue weighted by Gasteiger charge is 2.34. The van der Waals surface area contributed by atoms with Gasteiger partial charge in [0, 0.05) is 18.4 Å². The van der Waals surface area contributed by atoms with Crippen LogP contribution in [0.15, 0.2) is 0 Å². The van der Waals surface area contributed by atoms with Crippen LogP contribution in [0, 0.1) is 5.41 Å². The number of carbonyl (C=O) groups excluding carboxylic acids is 3. The Bertz CT molecular complexity index is 288. The van der Waals surface area contributed by atoms with E-state index >= 15 is 0 Å². The van der Waals surface area contributed by atoms with Crippen LogP contribution in [0.5, 0.6) is 0 Å². The normalized spacial score (nSPS) is 18.6. The van der Waals surface area contributed by atoms with E-state index in [1.807, 2.05) is 0 Å². The Morgan fingerprint density at radius 3 is 2.29 bits per heavy atom. The number of amides is 2. The lowest BCUT2D eigenvalue weighted by atomic mass is 9.93. The third-order valence-electron chi connectivity index (χ3n) is 2.15. The maximum atomic E-state index is 11.7. The van der Waals surface area contributed by atoms with Crippen LogP contribution in [0.3, 0.4) is 0 Å². The van der Waals surface area contributed by atoms with Gasteiger partial charge in [-0.15, -0.1) is 0 Å². The van der Waals surface area contributed by atoms with Crippen molar-refractivity contribution in [2.24, 2.45) is 5.41 Å². The van der Waals surface area contributed by atoms with E-state index in [-0.39, 0.29) is 30.6 Å². The number of imide groups is 1. The predicted molar refractivity (Wildman–Crippen MR) is 50.4 cm³/mol. The Kier molecular flexibility index (Phi) is 2.73. The Hall–Kier alpha value is -1.19. The standard InChI is InChI=1S/C10H15NO3/c1-10(2,3)9(14)11-5-4-7(12)6-8(11)13/h4-6H2,1-3H3. The van der Waals surface area contributed by atoms with Gasteiger partial charge in [0.15, 0.2) is 0 Å². The van der Waals surface area contributed by atoms with Crippen molar-refractivity contribution in [2.45, 2.75) is 33.6 Å². The molecule has 1 saturated heterocycles. The first-order chi connectivity index (χ1) is 6.32. The van der Waals surface area contributed by atoms with E-state index < -0.39 is 5.41 Å². The largest absolute Gasteiger partial charge is 0.299 e. The van der Waals surface area contributed by atoms with Crippen molar-refractivity contribution >= 4 is 17.6 Å². The Morgan fingerprint density at radius 1 is 1.29 bits per heavy atom. The van der Waals surface area contributed by atoms with Crippen LogP contribution < -0.4 is 0 Å². The minimum Gasteiger partial charge on any atom is -0.299 e. The number of nitrogens with zero attached hydrogens (tertiary/aromatic N) is 1. The minimum atomic E-state index is -0.559. The Balaban J connectivity index is 2.75. The van der Waals surface area contributed by atoms with E-state index in [9.17, 15) is 14.4 Å². The van der Waals surface area contributed by atoms with Gasteiger partial charge in [-0.05, 0) is 0 Å². The zero-order valence-corrected chi connectivity index (χ0v) is 8.79. The topological polar surface area (TPSA) is 54.5 Å². The van der Waals surface area contributed by atoms with Gasteiger partial charge in [0.2, 0.25) is 11.8 Å². The van der Waals surface area contributed by atoms with Crippen LogP contribution in [-0.4, -0.2) is 29.0 Å². The van der Waals surface area contributed by atoms with Gasteiger partial charge in [0.25, 0.3) is 0 Å². The average Bonchev–Trinajstić information content (AvgIpc) is 2.01. The Labute approximate surface area is 83.3 Å². The minimum absolute atomic E-state index is 0.0760. The summed E-state index contributed by atoms with van der Waals surface area (Å²) in [6, 6.07) is 0. The average molecular weight is 197 g/mol. The first kappa shape index (κ1) is 10.9. The highest BCUT2D eigenvalue weighted by atomic mass is 16.2. The molecule has 0 aromatic heterocycles. The van der Waals surface area contributed by atoms with Gasteiger partial charge < -0.3 is 0 Å². The molecular formula is C10H15NO3. The summed E-state index contributed by atoms with van der Waals surface area (Å²) >= 11 is 0. The van der Waals surface area contributed by atoms with Gasteiger partial charge in [-0.1, -0.05) is 20.8 Å². The molecule has 4 heteroatoms. The summed E-state index contributed by atoms with van der Waals surface area (Å²) < 4.78 is 0. The molecule has 4 nitrogen and oxygen atoms in total. The molecule has 0 aromatic rings. The summed E-state index contributed by atoms with van der Waals surface area (Å²) in [6.07, 6.45) is 0.176. The number of carbonyl (C=O) groups is 3.